The van der Waals surface area contributed by atoms with Crippen molar-refractivity contribution in [2.45, 2.75) is 12.7 Å². The number of hydrogen-bond donors (Lipinski definition) is 1. The highest BCUT2D eigenvalue weighted by molar-refractivity contribution is 6.30. The molecule has 0 atom stereocenters. The van der Waals surface area contributed by atoms with E-state index in [1.165, 1.54) is 12.1 Å². The summed E-state index contributed by atoms with van der Waals surface area (Å²) in [6.45, 7) is 1.75. The van der Waals surface area contributed by atoms with Gasteiger partial charge in [-0.1, -0.05) is 41.9 Å². The quantitative estimate of drug-likeness (QED) is 0.833. The Bertz CT molecular complexity index is 791. The minimum Gasteiger partial charge on any atom is -0.367 e. The van der Waals surface area contributed by atoms with E-state index in [1.54, 1.807) is 9.80 Å². The molecule has 1 aliphatic heterocycles. The molecule has 2 amide bonds. The van der Waals surface area contributed by atoms with Gasteiger partial charge in [0.15, 0.2) is 0 Å². The molecule has 8 heteroatoms. The van der Waals surface area contributed by atoms with Gasteiger partial charge in [0.05, 0.1) is 5.56 Å². The predicted molar refractivity (Wildman–Crippen MR) is 98.9 cm³/mol. The molecule has 0 aromatic heterocycles. The summed E-state index contributed by atoms with van der Waals surface area (Å²) in [5.41, 5.74) is 0.327. The van der Waals surface area contributed by atoms with E-state index >= 15 is 0 Å². The van der Waals surface area contributed by atoms with Crippen molar-refractivity contribution in [2.75, 3.05) is 31.1 Å². The molecule has 27 heavy (non-hydrogen) atoms. The van der Waals surface area contributed by atoms with Gasteiger partial charge < -0.3 is 15.1 Å². The van der Waals surface area contributed by atoms with E-state index in [2.05, 4.69) is 5.32 Å². The average molecular weight is 398 g/mol. The van der Waals surface area contributed by atoms with Gasteiger partial charge in [-0.25, -0.2) is 4.79 Å². The second-order valence-electron chi connectivity index (χ2n) is 6.28. The van der Waals surface area contributed by atoms with Crippen LogP contribution in [-0.2, 0) is 12.7 Å². The lowest BCUT2D eigenvalue weighted by molar-refractivity contribution is -0.137. The lowest BCUT2D eigenvalue weighted by Gasteiger charge is -2.37. The number of halogens is 4. The van der Waals surface area contributed by atoms with Crippen LogP contribution < -0.4 is 10.2 Å². The fourth-order valence-electron chi connectivity index (χ4n) is 3.05. The first-order chi connectivity index (χ1) is 12.8. The van der Waals surface area contributed by atoms with Crippen LogP contribution in [0.25, 0.3) is 0 Å². The third-order valence-electron chi connectivity index (χ3n) is 4.46. The van der Waals surface area contributed by atoms with Crippen LogP contribution in [0.4, 0.5) is 23.7 Å². The smallest absolute Gasteiger partial charge is 0.367 e. The summed E-state index contributed by atoms with van der Waals surface area (Å²) in [7, 11) is 0. The standard InChI is InChI=1S/C19H19ClF3N3O/c20-15-6-7-17(16(12-15)19(21,22)23)25-8-10-26(11-9-25)18(27)24-13-14-4-2-1-3-5-14/h1-7,12H,8-11,13H2,(H,24,27). The third-order valence-corrected chi connectivity index (χ3v) is 4.69. The van der Waals surface area contributed by atoms with Crippen LogP contribution in [0, 0.1) is 0 Å². The molecule has 1 saturated heterocycles. The molecule has 1 N–H and O–H groups in total. The molecule has 4 nitrogen and oxygen atoms in total. The number of anilines is 1. The number of hydrogen-bond acceptors (Lipinski definition) is 2. The van der Waals surface area contributed by atoms with Gasteiger partial charge in [0.1, 0.15) is 0 Å². The van der Waals surface area contributed by atoms with Crippen LogP contribution >= 0.6 is 11.6 Å². The van der Waals surface area contributed by atoms with Crippen molar-refractivity contribution in [1.29, 1.82) is 0 Å². The number of nitrogens with zero attached hydrogens (tertiary/aromatic N) is 2. The summed E-state index contributed by atoms with van der Waals surface area (Å²) in [5.74, 6) is 0. The Labute approximate surface area is 160 Å². The van der Waals surface area contributed by atoms with E-state index in [-0.39, 0.29) is 16.7 Å². The van der Waals surface area contributed by atoms with E-state index in [1.807, 2.05) is 30.3 Å². The first-order valence-corrected chi connectivity index (χ1v) is 8.91. The molecular weight excluding hydrogens is 379 g/mol. The highest BCUT2D eigenvalue weighted by Crippen LogP contribution is 2.38. The van der Waals surface area contributed by atoms with E-state index in [9.17, 15) is 18.0 Å². The summed E-state index contributed by atoms with van der Waals surface area (Å²) in [6.07, 6.45) is -4.48. The van der Waals surface area contributed by atoms with Gasteiger partial charge in [-0.15, -0.1) is 0 Å². The van der Waals surface area contributed by atoms with Crippen molar-refractivity contribution in [2.24, 2.45) is 0 Å². The Kier molecular flexibility index (Phi) is 5.79. The first-order valence-electron chi connectivity index (χ1n) is 8.53. The van der Waals surface area contributed by atoms with Gasteiger partial charge in [-0.3, -0.25) is 0 Å². The van der Waals surface area contributed by atoms with Crippen LogP contribution in [0.2, 0.25) is 5.02 Å². The molecule has 1 heterocycles. The molecule has 0 aliphatic carbocycles. The van der Waals surface area contributed by atoms with Crippen LogP contribution in [0.15, 0.2) is 48.5 Å². The zero-order chi connectivity index (χ0) is 19.4. The van der Waals surface area contributed by atoms with E-state index in [0.29, 0.717) is 32.7 Å². The molecule has 2 aromatic carbocycles. The second-order valence-corrected chi connectivity index (χ2v) is 6.71. The number of piperazine rings is 1. The molecule has 0 spiro atoms. The Hall–Kier alpha value is -2.41. The second kappa shape index (κ2) is 8.08. The maximum absolute atomic E-state index is 13.3. The Morgan fingerprint density at radius 3 is 2.33 bits per heavy atom. The van der Waals surface area contributed by atoms with Crippen molar-refractivity contribution < 1.29 is 18.0 Å². The zero-order valence-electron chi connectivity index (χ0n) is 14.5. The number of carbonyl (C=O) groups is 1. The summed E-state index contributed by atoms with van der Waals surface area (Å²) in [4.78, 5) is 15.5. The van der Waals surface area contributed by atoms with E-state index < -0.39 is 11.7 Å². The molecule has 1 aliphatic rings. The maximum atomic E-state index is 13.3. The van der Waals surface area contributed by atoms with Crippen molar-refractivity contribution >= 4 is 23.3 Å². The molecule has 0 unspecified atom stereocenters. The number of rotatable bonds is 3. The molecule has 3 rings (SSSR count). The van der Waals surface area contributed by atoms with Crippen LogP contribution in [0.5, 0.6) is 0 Å². The van der Waals surface area contributed by atoms with Crippen molar-refractivity contribution in [3.63, 3.8) is 0 Å². The molecular formula is C19H19ClF3N3O. The monoisotopic (exact) mass is 397 g/mol. The van der Waals surface area contributed by atoms with Gasteiger partial charge in [-0.05, 0) is 23.8 Å². The minimum absolute atomic E-state index is 0.0463. The summed E-state index contributed by atoms with van der Waals surface area (Å²) in [6, 6.07) is 13.1. The predicted octanol–water partition coefficient (Wildman–Crippen LogP) is 4.39. The third kappa shape index (κ3) is 4.86. The van der Waals surface area contributed by atoms with Crippen LogP contribution in [-0.4, -0.2) is 37.1 Å². The number of alkyl halides is 3. The van der Waals surface area contributed by atoms with Gasteiger partial charge >= 0.3 is 12.2 Å². The number of carbonyl (C=O) groups excluding carboxylic acids is 1. The summed E-state index contributed by atoms with van der Waals surface area (Å²) >= 11 is 5.73. The first kappa shape index (κ1) is 19.4. The summed E-state index contributed by atoms with van der Waals surface area (Å²) < 4.78 is 39.9. The lowest BCUT2D eigenvalue weighted by atomic mass is 10.1. The molecule has 144 valence electrons. The van der Waals surface area contributed by atoms with Crippen LogP contribution in [0.3, 0.4) is 0 Å². The molecule has 0 bridgehead atoms. The number of nitrogens with one attached hydrogen (secondary N) is 1. The van der Waals surface area contributed by atoms with Gasteiger partial charge in [0.25, 0.3) is 0 Å². The molecule has 1 fully saturated rings. The number of amides is 2. The normalized spacial score (nSPS) is 15.0. The SMILES string of the molecule is O=C(NCc1ccccc1)N1CCN(c2ccc(Cl)cc2C(F)(F)F)CC1. The largest absolute Gasteiger partial charge is 0.418 e. The highest BCUT2D eigenvalue weighted by Gasteiger charge is 2.36. The Balaban J connectivity index is 1.60. The zero-order valence-corrected chi connectivity index (χ0v) is 15.2. The molecule has 0 saturated carbocycles. The minimum atomic E-state index is -4.48. The molecule has 2 aromatic rings. The van der Waals surface area contributed by atoms with Crippen molar-refractivity contribution in [3.05, 3.63) is 64.7 Å². The van der Waals surface area contributed by atoms with Crippen LogP contribution in [0.1, 0.15) is 11.1 Å². The number of urea groups is 1. The summed E-state index contributed by atoms with van der Waals surface area (Å²) in [5, 5.41) is 2.88. The number of benzene rings is 2. The van der Waals surface area contributed by atoms with Gasteiger partial charge in [-0.2, -0.15) is 13.2 Å². The topological polar surface area (TPSA) is 35.6 Å². The Morgan fingerprint density at radius 2 is 1.70 bits per heavy atom. The fraction of sp³-hybridized carbons (Fsp3) is 0.316. The van der Waals surface area contributed by atoms with Crippen molar-refractivity contribution in [1.82, 2.24) is 10.2 Å². The maximum Gasteiger partial charge on any atom is 0.418 e. The van der Waals surface area contributed by atoms with E-state index in [4.69, 9.17) is 11.6 Å². The average Bonchev–Trinajstić information content (AvgIpc) is 2.66. The molecule has 0 radical (unpaired) electrons. The van der Waals surface area contributed by atoms with E-state index in [0.717, 1.165) is 11.6 Å². The highest BCUT2D eigenvalue weighted by atomic mass is 35.5. The Morgan fingerprint density at radius 1 is 1.04 bits per heavy atom. The van der Waals surface area contributed by atoms with Gasteiger partial charge in [0, 0.05) is 43.4 Å². The lowest BCUT2D eigenvalue weighted by Crippen LogP contribution is -2.52. The van der Waals surface area contributed by atoms with Gasteiger partial charge in [0.2, 0.25) is 0 Å². The van der Waals surface area contributed by atoms with Crippen molar-refractivity contribution in [3.8, 4) is 0 Å². The fourth-order valence-corrected chi connectivity index (χ4v) is 3.22.